The van der Waals surface area contributed by atoms with Crippen LogP contribution in [0.4, 0.5) is 11.4 Å². The number of aromatic amines is 2. The summed E-state index contributed by atoms with van der Waals surface area (Å²) in [5.41, 5.74) is -0.102. The second-order valence-electron chi connectivity index (χ2n) is 4.79. The Kier molecular flexibility index (Phi) is 3.59. The van der Waals surface area contributed by atoms with Gasteiger partial charge in [0.2, 0.25) is 0 Å². The summed E-state index contributed by atoms with van der Waals surface area (Å²) < 4.78 is 0. The van der Waals surface area contributed by atoms with Gasteiger partial charge in [0.25, 0.3) is 5.69 Å². The van der Waals surface area contributed by atoms with Crippen molar-refractivity contribution in [1.29, 1.82) is 0 Å². The molecule has 3 rings (SSSR count). The molecular weight excluding hydrogens is 302 g/mol. The Bertz CT molecular complexity index is 993. The van der Waals surface area contributed by atoms with Crippen molar-refractivity contribution in [1.82, 2.24) is 15.0 Å². The third kappa shape index (κ3) is 2.93. The molecule has 0 aliphatic carbocycles. The second-order valence-corrected chi connectivity index (χ2v) is 4.79. The number of non-ortho nitro benzene ring substituents is 1. The van der Waals surface area contributed by atoms with Crippen molar-refractivity contribution in [2.75, 3.05) is 5.32 Å². The lowest BCUT2D eigenvalue weighted by Crippen LogP contribution is -2.29. The number of nitrogens with one attached hydrogen (secondary N) is 3. The standard InChI is InChI=1S/C14H11N5O4/c20-13-14(21)18-12-8(6-16-9-2-1-3-15-7-9)4-10(19(22)23)5-11(12)17-13/h1-5,7,16H,6H2,(H,17,20)(H,18,21). The number of nitrogens with zero attached hydrogens (tertiary/aromatic N) is 2. The Morgan fingerprint density at radius 3 is 2.70 bits per heavy atom. The maximum atomic E-state index is 11.5. The summed E-state index contributed by atoms with van der Waals surface area (Å²) in [5.74, 6) is 0. The van der Waals surface area contributed by atoms with E-state index < -0.39 is 16.0 Å². The zero-order valence-electron chi connectivity index (χ0n) is 11.7. The van der Waals surface area contributed by atoms with Gasteiger partial charge in [0.05, 0.1) is 21.6 Å². The molecule has 0 bridgehead atoms. The summed E-state index contributed by atoms with van der Waals surface area (Å²) in [7, 11) is 0. The number of rotatable bonds is 4. The van der Waals surface area contributed by atoms with Crippen molar-refractivity contribution < 1.29 is 4.92 Å². The van der Waals surface area contributed by atoms with Crippen LogP contribution >= 0.6 is 0 Å². The SMILES string of the molecule is O=c1[nH]c2cc([N+](=O)[O-])cc(CNc3cccnc3)c2[nH]c1=O. The van der Waals surface area contributed by atoms with Gasteiger partial charge in [-0.3, -0.25) is 24.7 Å². The average molecular weight is 313 g/mol. The molecule has 0 aliphatic heterocycles. The molecule has 9 nitrogen and oxygen atoms in total. The topological polar surface area (TPSA) is 134 Å². The monoisotopic (exact) mass is 313 g/mol. The summed E-state index contributed by atoms with van der Waals surface area (Å²) in [6, 6.07) is 6.09. The molecule has 0 fully saturated rings. The average Bonchev–Trinajstić information content (AvgIpc) is 2.54. The molecule has 116 valence electrons. The van der Waals surface area contributed by atoms with Gasteiger partial charge in [0.15, 0.2) is 0 Å². The highest BCUT2D eigenvalue weighted by Crippen LogP contribution is 2.22. The van der Waals surface area contributed by atoms with Gasteiger partial charge in [0, 0.05) is 36.6 Å². The molecule has 0 spiro atoms. The van der Waals surface area contributed by atoms with E-state index in [0.29, 0.717) is 11.1 Å². The lowest BCUT2D eigenvalue weighted by molar-refractivity contribution is -0.384. The van der Waals surface area contributed by atoms with Crippen LogP contribution in [-0.2, 0) is 6.54 Å². The Hall–Kier alpha value is -3.49. The van der Waals surface area contributed by atoms with E-state index in [1.165, 1.54) is 12.1 Å². The fourth-order valence-electron chi connectivity index (χ4n) is 2.19. The van der Waals surface area contributed by atoms with E-state index in [9.17, 15) is 19.7 Å². The predicted molar refractivity (Wildman–Crippen MR) is 83.4 cm³/mol. The molecule has 0 saturated carbocycles. The normalized spacial score (nSPS) is 10.6. The smallest absolute Gasteiger partial charge is 0.314 e. The molecule has 0 atom stereocenters. The van der Waals surface area contributed by atoms with Gasteiger partial charge in [0.1, 0.15) is 0 Å². The molecule has 0 amide bonds. The van der Waals surface area contributed by atoms with Crippen LogP contribution in [0.3, 0.4) is 0 Å². The third-order valence-electron chi connectivity index (χ3n) is 3.25. The van der Waals surface area contributed by atoms with Crippen molar-refractivity contribution in [3.8, 4) is 0 Å². The molecule has 0 radical (unpaired) electrons. The minimum atomic E-state index is -0.857. The van der Waals surface area contributed by atoms with Crippen LogP contribution in [0.5, 0.6) is 0 Å². The van der Waals surface area contributed by atoms with Crippen molar-refractivity contribution >= 4 is 22.4 Å². The molecule has 0 saturated heterocycles. The van der Waals surface area contributed by atoms with Gasteiger partial charge in [-0.1, -0.05) is 0 Å². The van der Waals surface area contributed by atoms with Crippen LogP contribution in [-0.4, -0.2) is 19.9 Å². The van der Waals surface area contributed by atoms with Crippen molar-refractivity contribution in [3.63, 3.8) is 0 Å². The number of H-pyrrole nitrogens is 2. The van der Waals surface area contributed by atoms with E-state index in [2.05, 4.69) is 20.3 Å². The molecule has 1 aromatic carbocycles. The van der Waals surface area contributed by atoms with E-state index >= 15 is 0 Å². The molecule has 2 aromatic heterocycles. The maximum Gasteiger partial charge on any atom is 0.314 e. The Balaban J connectivity index is 2.09. The minimum absolute atomic E-state index is 0.178. The fourth-order valence-corrected chi connectivity index (χ4v) is 2.19. The van der Waals surface area contributed by atoms with Crippen molar-refractivity contribution in [2.24, 2.45) is 0 Å². The second kappa shape index (κ2) is 5.72. The number of fused-ring (bicyclic) bond motifs is 1. The van der Waals surface area contributed by atoms with Crippen LogP contribution in [0, 0.1) is 10.1 Å². The first-order valence-corrected chi connectivity index (χ1v) is 6.62. The van der Waals surface area contributed by atoms with Gasteiger partial charge in [-0.05, 0) is 12.1 Å². The molecule has 0 aliphatic rings. The van der Waals surface area contributed by atoms with Crippen LogP contribution in [0.1, 0.15) is 5.56 Å². The lowest BCUT2D eigenvalue weighted by Gasteiger charge is -2.09. The Morgan fingerprint density at radius 1 is 1.22 bits per heavy atom. The first-order chi connectivity index (χ1) is 11.0. The largest absolute Gasteiger partial charge is 0.380 e. The number of pyridine rings is 1. The number of nitro benzene ring substituents is 1. The molecular formula is C14H11N5O4. The summed E-state index contributed by atoms with van der Waals surface area (Å²) in [5, 5.41) is 14.1. The highest BCUT2D eigenvalue weighted by atomic mass is 16.6. The van der Waals surface area contributed by atoms with Gasteiger partial charge < -0.3 is 15.3 Å². The lowest BCUT2D eigenvalue weighted by atomic mass is 10.1. The van der Waals surface area contributed by atoms with Crippen LogP contribution in [0.15, 0.2) is 46.2 Å². The highest BCUT2D eigenvalue weighted by molar-refractivity contribution is 5.80. The first kappa shape index (κ1) is 14.4. The van der Waals surface area contributed by atoms with Crippen LogP contribution in [0.2, 0.25) is 0 Å². The summed E-state index contributed by atoms with van der Waals surface area (Å²) in [6.45, 7) is 0.214. The van der Waals surface area contributed by atoms with Gasteiger partial charge in [-0.2, -0.15) is 0 Å². The number of nitro groups is 1. The van der Waals surface area contributed by atoms with E-state index in [1.54, 1.807) is 24.5 Å². The Morgan fingerprint density at radius 2 is 2.00 bits per heavy atom. The number of aromatic nitrogens is 3. The van der Waals surface area contributed by atoms with Gasteiger partial charge in [-0.25, -0.2) is 0 Å². The number of anilines is 1. The molecule has 3 aromatic rings. The zero-order valence-corrected chi connectivity index (χ0v) is 11.7. The van der Waals surface area contributed by atoms with Crippen LogP contribution in [0.25, 0.3) is 11.0 Å². The minimum Gasteiger partial charge on any atom is -0.380 e. The van der Waals surface area contributed by atoms with E-state index in [0.717, 1.165) is 5.69 Å². The predicted octanol–water partition coefficient (Wildman–Crippen LogP) is 1.13. The molecule has 3 N–H and O–H groups in total. The first-order valence-electron chi connectivity index (χ1n) is 6.62. The highest BCUT2D eigenvalue weighted by Gasteiger charge is 2.13. The maximum absolute atomic E-state index is 11.5. The quantitative estimate of drug-likeness (QED) is 0.375. The van der Waals surface area contributed by atoms with Crippen molar-refractivity contribution in [3.05, 3.63) is 73.0 Å². The number of benzene rings is 1. The fraction of sp³-hybridized carbons (Fsp3) is 0.0714. The van der Waals surface area contributed by atoms with E-state index in [4.69, 9.17) is 0 Å². The zero-order chi connectivity index (χ0) is 16.4. The summed E-state index contributed by atoms with van der Waals surface area (Å²) in [4.78, 5) is 42.2. The molecule has 2 heterocycles. The summed E-state index contributed by atoms with van der Waals surface area (Å²) in [6.07, 6.45) is 3.22. The van der Waals surface area contributed by atoms with Crippen molar-refractivity contribution in [2.45, 2.75) is 6.54 Å². The number of hydrogen-bond acceptors (Lipinski definition) is 6. The van der Waals surface area contributed by atoms with Crippen LogP contribution < -0.4 is 16.4 Å². The Labute approximate surface area is 128 Å². The van der Waals surface area contributed by atoms with E-state index in [1.807, 2.05) is 0 Å². The molecule has 23 heavy (non-hydrogen) atoms. The molecule has 9 heteroatoms. The summed E-state index contributed by atoms with van der Waals surface area (Å²) >= 11 is 0. The van der Waals surface area contributed by atoms with Gasteiger partial charge >= 0.3 is 11.1 Å². The third-order valence-corrected chi connectivity index (χ3v) is 3.25. The molecule has 0 unspecified atom stereocenters. The van der Waals surface area contributed by atoms with E-state index in [-0.39, 0.29) is 17.7 Å². The van der Waals surface area contributed by atoms with Gasteiger partial charge in [-0.15, -0.1) is 0 Å². The number of hydrogen-bond donors (Lipinski definition) is 3.